The molecule has 0 radical (unpaired) electrons. The lowest BCUT2D eigenvalue weighted by Crippen LogP contribution is -2.29. The van der Waals surface area contributed by atoms with Crippen molar-refractivity contribution >= 4 is 28.4 Å². The molecule has 0 saturated carbocycles. The minimum Gasteiger partial charge on any atom is -0.463 e. The van der Waals surface area contributed by atoms with Crippen LogP contribution in [0.15, 0.2) is 52.0 Å². The van der Waals surface area contributed by atoms with E-state index in [-0.39, 0.29) is 35.1 Å². The van der Waals surface area contributed by atoms with Gasteiger partial charge in [-0.25, -0.2) is 13.2 Å². The first-order valence-electron chi connectivity index (χ1n) is 7.90. The number of furan rings is 1. The molecule has 0 bridgehead atoms. The number of sulfonamides is 1. The van der Waals surface area contributed by atoms with Crippen LogP contribution in [-0.2, 0) is 14.8 Å². The number of halogens is 1. The van der Waals surface area contributed by atoms with Crippen LogP contribution in [0.2, 0.25) is 0 Å². The average Bonchev–Trinajstić information content (AvgIpc) is 3.29. The molecule has 1 aliphatic heterocycles. The minimum atomic E-state index is -3.84. The zero-order chi connectivity index (χ0) is 18.0. The van der Waals surface area contributed by atoms with E-state index < -0.39 is 16.0 Å². The first-order valence-corrected chi connectivity index (χ1v) is 9.34. The molecule has 1 aromatic carbocycles. The molecule has 2 heterocycles. The Kier molecular flexibility index (Phi) is 6.46. The number of hydrogen-bond acceptors (Lipinski definition) is 6. The molecule has 1 aromatic heterocycles. The summed E-state index contributed by atoms with van der Waals surface area (Å²) in [6, 6.07) is 12.3. The molecule has 0 spiro atoms. The fourth-order valence-corrected chi connectivity index (χ4v) is 4.58. The van der Waals surface area contributed by atoms with Crippen LogP contribution in [-0.4, -0.2) is 45.4 Å². The highest BCUT2D eigenvalue weighted by Crippen LogP contribution is 2.35. The Morgan fingerprint density at radius 2 is 1.92 bits per heavy atom. The van der Waals surface area contributed by atoms with Crippen LogP contribution in [0.4, 0.5) is 0 Å². The number of nitrogens with zero attached hydrogens (tertiary/aromatic N) is 1. The first kappa shape index (κ1) is 20.4. The van der Waals surface area contributed by atoms with Crippen LogP contribution >= 0.6 is 12.4 Å². The maximum absolute atomic E-state index is 12.8. The summed E-state index contributed by atoms with van der Waals surface area (Å²) in [6.07, 6.45) is 0. The van der Waals surface area contributed by atoms with Gasteiger partial charge in [0.15, 0.2) is 0 Å². The van der Waals surface area contributed by atoms with Crippen LogP contribution < -0.4 is 5.73 Å². The van der Waals surface area contributed by atoms with Crippen molar-refractivity contribution in [3.8, 4) is 0 Å². The monoisotopic (exact) mass is 400 g/mol. The van der Waals surface area contributed by atoms with E-state index in [1.165, 1.54) is 23.5 Å². The maximum Gasteiger partial charge on any atom is 0.374 e. The van der Waals surface area contributed by atoms with E-state index >= 15 is 0 Å². The van der Waals surface area contributed by atoms with Crippen LogP contribution in [0.5, 0.6) is 0 Å². The van der Waals surface area contributed by atoms with E-state index in [4.69, 9.17) is 10.2 Å². The van der Waals surface area contributed by atoms with Gasteiger partial charge in [0.05, 0.1) is 7.11 Å². The van der Waals surface area contributed by atoms with E-state index in [0.29, 0.717) is 19.6 Å². The summed E-state index contributed by atoms with van der Waals surface area (Å²) in [5.74, 6) is -0.816. The van der Waals surface area contributed by atoms with Gasteiger partial charge in [0.25, 0.3) is 10.0 Å². The lowest BCUT2D eigenvalue weighted by molar-refractivity contribution is 0.0558. The van der Waals surface area contributed by atoms with Crippen molar-refractivity contribution in [3.05, 3.63) is 53.8 Å². The molecular weight excluding hydrogens is 380 g/mol. The third kappa shape index (κ3) is 3.78. The lowest BCUT2D eigenvalue weighted by atomic mass is 9.89. The second kappa shape index (κ2) is 8.22. The molecule has 0 amide bonds. The van der Waals surface area contributed by atoms with Crippen molar-refractivity contribution in [2.24, 2.45) is 11.7 Å². The quantitative estimate of drug-likeness (QED) is 0.768. The summed E-state index contributed by atoms with van der Waals surface area (Å²) < 4.78 is 36.8. The first-order chi connectivity index (χ1) is 12.0. The number of ether oxygens (including phenoxy) is 1. The third-order valence-corrected chi connectivity index (χ3v) is 6.21. The molecule has 2 N–H and O–H groups in total. The van der Waals surface area contributed by atoms with Crippen molar-refractivity contribution in [3.63, 3.8) is 0 Å². The normalized spacial score (nSPS) is 20.5. The molecule has 142 valence electrons. The topological polar surface area (TPSA) is 103 Å². The van der Waals surface area contributed by atoms with Crippen LogP contribution in [0.1, 0.15) is 22.0 Å². The van der Waals surface area contributed by atoms with Gasteiger partial charge in [-0.05, 0) is 30.2 Å². The third-order valence-electron chi connectivity index (χ3n) is 4.50. The summed E-state index contributed by atoms with van der Waals surface area (Å²) in [6.45, 7) is 1.02. The van der Waals surface area contributed by atoms with E-state index in [9.17, 15) is 13.2 Å². The fraction of sp³-hybridized carbons (Fsp3) is 0.353. The number of esters is 1. The van der Waals surface area contributed by atoms with Crippen molar-refractivity contribution in [1.82, 2.24) is 4.31 Å². The van der Waals surface area contributed by atoms with Gasteiger partial charge in [-0.15, -0.1) is 12.4 Å². The Balaban J connectivity index is 0.00000243. The molecule has 0 aliphatic carbocycles. The van der Waals surface area contributed by atoms with Crippen LogP contribution in [0.25, 0.3) is 0 Å². The summed E-state index contributed by atoms with van der Waals surface area (Å²) in [5, 5.41) is -0.266. The van der Waals surface area contributed by atoms with Crippen LogP contribution in [0.3, 0.4) is 0 Å². The Morgan fingerprint density at radius 3 is 2.54 bits per heavy atom. The minimum absolute atomic E-state index is 0. The van der Waals surface area contributed by atoms with E-state index in [1.54, 1.807) is 0 Å². The number of carbonyl (C=O) groups excluding carboxylic acids is 1. The van der Waals surface area contributed by atoms with Gasteiger partial charge >= 0.3 is 5.97 Å². The molecule has 1 aliphatic rings. The molecule has 0 unspecified atom stereocenters. The predicted molar refractivity (Wildman–Crippen MR) is 97.8 cm³/mol. The summed E-state index contributed by atoms with van der Waals surface area (Å²) >= 11 is 0. The van der Waals surface area contributed by atoms with Crippen molar-refractivity contribution < 1.29 is 22.4 Å². The van der Waals surface area contributed by atoms with Gasteiger partial charge in [-0.2, -0.15) is 4.31 Å². The van der Waals surface area contributed by atoms with Gasteiger partial charge in [0, 0.05) is 19.0 Å². The van der Waals surface area contributed by atoms with Gasteiger partial charge in [-0.3, -0.25) is 0 Å². The molecule has 26 heavy (non-hydrogen) atoms. The number of rotatable bonds is 5. The molecule has 1 saturated heterocycles. The van der Waals surface area contributed by atoms with E-state index in [1.807, 2.05) is 30.3 Å². The van der Waals surface area contributed by atoms with E-state index in [0.717, 1.165) is 5.56 Å². The SMILES string of the molecule is COC(=O)c1ccc(S(=O)(=O)N2C[C@@H](CN)[C@H](c3ccccc3)C2)o1.Cl. The molecule has 2 atom stereocenters. The van der Waals surface area contributed by atoms with Gasteiger partial charge < -0.3 is 14.9 Å². The summed E-state index contributed by atoms with van der Waals surface area (Å²) in [7, 11) is -2.64. The highest BCUT2D eigenvalue weighted by Gasteiger charge is 2.40. The lowest BCUT2D eigenvalue weighted by Gasteiger charge is -2.16. The van der Waals surface area contributed by atoms with Crippen molar-refractivity contribution in [2.75, 3.05) is 26.7 Å². The predicted octanol–water partition coefficient (Wildman–Crippen LogP) is 1.85. The maximum atomic E-state index is 12.8. The smallest absolute Gasteiger partial charge is 0.374 e. The fourth-order valence-electron chi connectivity index (χ4n) is 3.14. The Hall–Kier alpha value is -1.87. The van der Waals surface area contributed by atoms with E-state index in [2.05, 4.69) is 4.74 Å². The molecule has 7 nitrogen and oxygen atoms in total. The Bertz CT molecular complexity index is 853. The standard InChI is InChI=1S/C17H20N2O5S.ClH/c1-23-17(20)15-7-8-16(24-15)25(21,22)19-10-13(9-18)14(11-19)12-5-3-2-4-6-12;/h2-8,13-14H,9-11,18H2,1H3;1H/t13-,14+;/m1./s1. The number of hydrogen-bond donors (Lipinski definition) is 1. The Labute approximate surface area is 158 Å². The number of benzene rings is 1. The summed E-state index contributed by atoms with van der Waals surface area (Å²) in [5.41, 5.74) is 6.92. The molecular formula is C17H21ClN2O5S. The van der Waals surface area contributed by atoms with Gasteiger partial charge in [0.1, 0.15) is 0 Å². The Morgan fingerprint density at radius 1 is 1.23 bits per heavy atom. The number of nitrogens with two attached hydrogens (primary N) is 1. The highest BCUT2D eigenvalue weighted by molar-refractivity contribution is 7.89. The van der Waals surface area contributed by atoms with Crippen molar-refractivity contribution in [1.29, 1.82) is 0 Å². The zero-order valence-electron chi connectivity index (χ0n) is 14.2. The second-order valence-corrected chi connectivity index (χ2v) is 7.81. The average molecular weight is 401 g/mol. The number of carbonyl (C=O) groups is 1. The molecule has 1 fully saturated rings. The molecule has 3 rings (SSSR count). The highest BCUT2D eigenvalue weighted by atomic mass is 35.5. The molecule has 9 heteroatoms. The van der Waals surface area contributed by atoms with Gasteiger partial charge in [-0.1, -0.05) is 30.3 Å². The zero-order valence-corrected chi connectivity index (χ0v) is 15.8. The van der Waals surface area contributed by atoms with Gasteiger partial charge in [0.2, 0.25) is 10.9 Å². The van der Waals surface area contributed by atoms with Crippen LogP contribution in [0, 0.1) is 5.92 Å². The second-order valence-electron chi connectivity index (χ2n) is 5.95. The molecule has 2 aromatic rings. The largest absolute Gasteiger partial charge is 0.463 e. The number of methoxy groups -OCH3 is 1. The van der Waals surface area contributed by atoms with Crippen molar-refractivity contribution in [2.45, 2.75) is 11.0 Å². The summed E-state index contributed by atoms with van der Waals surface area (Å²) in [4.78, 5) is 11.5.